The maximum absolute atomic E-state index is 6.26. The van der Waals surface area contributed by atoms with Gasteiger partial charge in [0.25, 0.3) is 0 Å². The monoisotopic (exact) mass is 324 g/mol. The summed E-state index contributed by atoms with van der Waals surface area (Å²) < 4.78 is 18.4. The highest BCUT2D eigenvalue weighted by Gasteiger charge is 2.69. The van der Waals surface area contributed by atoms with Crippen LogP contribution in [0.2, 0.25) is 0 Å². The summed E-state index contributed by atoms with van der Waals surface area (Å²) in [6.45, 7) is 10.7. The maximum atomic E-state index is 6.26. The van der Waals surface area contributed by atoms with Gasteiger partial charge in [-0.1, -0.05) is 19.9 Å². The van der Waals surface area contributed by atoms with Crippen molar-refractivity contribution in [2.24, 2.45) is 23.7 Å². The minimum atomic E-state index is -0.721. The van der Waals surface area contributed by atoms with Crippen LogP contribution in [0, 0.1) is 23.7 Å². The second kappa shape index (κ2) is 5.53. The first-order valence-corrected chi connectivity index (χ1v) is 8.93. The number of hydrogen-bond acceptors (Lipinski definition) is 5. The van der Waals surface area contributed by atoms with E-state index in [-0.39, 0.29) is 12.2 Å². The first kappa shape index (κ1) is 16.0. The lowest BCUT2D eigenvalue weighted by atomic mass is 9.58. The Morgan fingerprint density at radius 2 is 2.00 bits per heavy atom. The summed E-state index contributed by atoms with van der Waals surface area (Å²) in [5.41, 5.74) is -0.499. The van der Waals surface area contributed by atoms with Gasteiger partial charge in [-0.15, -0.1) is 6.58 Å². The summed E-state index contributed by atoms with van der Waals surface area (Å²) in [4.78, 5) is 11.9. The minimum Gasteiger partial charge on any atom is -0.348 e. The first-order valence-electron chi connectivity index (χ1n) is 8.93. The molecule has 1 saturated carbocycles. The van der Waals surface area contributed by atoms with Crippen molar-refractivity contribution in [1.29, 1.82) is 0 Å². The molecule has 2 unspecified atom stereocenters. The van der Waals surface area contributed by atoms with Crippen LogP contribution in [0.4, 0.5) is 0 Å². The van der Waals surface area contributed by atoms with Gasteiger partial charge >= 0.3 is 0 Å². The van der Waals surface area contributed by atoms with Crippen LogP contribution in [0.5, 0.6) is 0 Å². The molecule has 5 heteroatoms. The third kappa shape index (κ3) is 2.24. The standard InChI is InChI=1S/C18H28O5/c1-5-10-19-15-12(3)14-7-6-11(2)13-8-9-17(4)21-16(20-15)18(13,14)23-22-17/h5,11-16H,1,6-10H2,2-4H3/t11-,12-,13?,14?,15+,16-,17+,18-/m1/s1. The summed E-state index contributed by atoms with van der Waals surface area (Å²) in [5, 5.41) is 0. The average molecular weight is 324 g/mol. The predicted octanol–water partition coefficient (Wildman–Crippen LogP) is 3.40. The third-order valence-corrected chi connectivity index (χ3v) is 6.48. The molecule has 0 amide bonds. The zero-order valence-corrected chi connectivity index (χ0v) is 14.3. The van der Waals surface area contributed by atoms with Crippen LogP contribution >= 0.6 is 0 Å². The van der Waals surface area contributed by atoms with E-state index >= 15 is 0 Å². The molecule has 8 atom stereocenters. The molecule has 23 heavy (non-hydrogen) atoms. The van der Waals surface area contributed by atoms with E-state index in [0.29, 0.717) is 24.4 Å². The summed E-state index contributed by atoms with van der Waals surface area (Å²) in [6.07, 6.45) is 5.25. The van der Waals surface area contributed by atoms with E-state index in [4.69, 9.17) is 24.0 Å². The summed E-state index contributed by atoms with van der Waals surface area (Å²) >= 11 is 0. The molecule has 130 valence electrons. The molecule has 4 heterocycles. The van der Waals surface area contributed by atoms with Crippen molar-refractivity contribution in [2.45, 2.75) is 70.4 Å². The molecule has 0 aromatic rings. The third-order valence-electron chi connectivity index (χ3n) is 6.48. The van der Waals surface area contributed by atoms with Crippen LogP contribution in [0.1, 0.15) is 46.5 Å². The Bertz CT molecular complexity index is 482. The number of fused-ring (bicyclic) bond motifs is 2. The Morgan fingerprint density at radius 1 is 1.17 bits per heavy atom. The molecule has 1 aliphatic carbocycles. The molecule has 5 aliphatic rings. The van der Waals surface area contributed by atoms with Crippen molar-refractivity contribution >= 4 is 0 Å². The van der Waals surface area contributed by atoms with Crippen molar-refractivity contribution < 1.29 is 24.0 Å². The van der Waals surface area contributed by atoms with Gasteiger partial charge in [0.15, 0.2) is 18.2 Å². The number of rotatable bonds is 3. The molecule has 0 aromatic carbocycles. The van der Waals surface area contributed by atoms with Gasteiger partial charge in [-0.3, -0.25) is 0 Å². The molecule has 5 fully saturated rings. The lowest BCUT2D eigenvalue weighted by Gasteiger charge is -2.60. The van der Waals surface area contributed by atoms with Gasteiger partial charge < -0.3 is 14.2 Å². The van der Waals surface area contributed by atoms with E-state index in [1.54, 1.807) is 6.08 Å². The largest absolute Gasteiger partial charge is 0.348 e. The highest BCUT2D eigenvalue weighted by molar-refractivity contribution is 5.09. The van der Waals surface area contributed by atoms with Crippen LogP contribution in [-0.2, 0) is 24.0 Å². The average Bonchev–Trinajstić information content (AvgIpc) is 2.76. The van der Waals surface area contributed by atoms with Crippen molar-refractivity contribution in [3.8, 4) is 0 Å². The molecule has 0 aromatic heterocycles. The van der Waals surface area contributed by atoms with Crippen LogP contribution in [-0.4, -0.2) is 30.6 Å². The maximum Gasteiger partial charge on any atom is 0.201 e. The van der Waals surface area contributed by atoms with Gasteiger partial charge in [-0.25, -0.2) is 9.78 Å². The van der Waals surface area contributed by atoms with E-state index in [9.17, 15) is 0 Å². The zero-order valence-electron chi connectivity index (χ0n) is 14.3. The topological polar surface area (TPSA) is 46.2 Å². The Labute approximate surface area is 138 Å². The SMILES string of the molecule is C=CCO[C@H]1O[C@@H]2O[C@]3(C)CCC4[C@H](C)CCC([C@H]1C)[C@]42OO3. The van der Waals surface area contributed by atoms with Gasteiger partial charge in [0.2, 0.25) is 5.79 Å². The Balaban J connectivity index is 1.71. The highest BCUT2D eigenvalue weighted by Crippen LogP contribution is 2.60. The molecule has 0 N–H and O–H groups in total. The van der Waals surface area contributed by atoms with E-state index in [2.05, 4.69) is 20.4 Å². The first-order chi connectivity index (χ1) is 11.0. The van der Waals surface area contributed by atoms with Crippen molar-refractivity contribution in [3.05, 3.63) is 12.7 Å². The van der Waals surface area contributed by atoms with Crippen molar-refractivity contribution in [1.82, 2.24) is 0 Å². The molecule has 5 rings (SSSR count). The lowest BCUT2D eigenvalue weighted by molar-refractivity contribution is -0.577. The fraction of sp³-hybridized carbons (Fsp3) is 0.889. The fourth-order valence-electron chi connectivity index (χ4n) is 5.23. The van der Waals surface area contributed by atoms with E-state index in [0.717, 1.165) is 19.3 Å². The van der Waals surface area contributed by atoms with E-state index in [1.165, 1.54) is 6.42 Å². The molecule has 4 aliphatic heterocycles. The Kier molecular flexibility index (Phi) is 3.85. The Morgan fingerprint density at radius 3 is 2.78 bits per heavy atom. The summed E-state index contributed by atoms with van der Waals surface area (Å²) in [7, 11) is 0. The lowest BCUT2D eigenvalue weighted by Crippen LogP contribution is -2.70. The molecule has 2 bridgehead atoms. The molecule has 5 nitrogen and oxygen atoms in total. The smallest absolute Gasteiger partial charge is 0.201 e. The zero-order chi connectivity index (χ0) is 16.2. The number of ether oxygens (including phenoxy) is 3. The fourth-order valence-corrected chi connectivity index (χ4v) is 5.23. The molecule has 0 radical (unpaired) electrons. The number of hydrogen-bond donors (Lipinski definition) is 0. The van der Waals surface area contributed by atoms with Crippen molar-refractivity contribution in [3.63, 3.8) is 0 Å². The quantitative estimate of drug-likeness (QED) is 0.588. The van der Waals surface area contributed by atoms with Crippen LogP contribution in [0.25, 0.3) is 0 Å². The van der Waals surface area contributed by atoms with Crippen molar-refractivity contribution in [2.75, 3.05) is 6.61 Å². The van der Waals surface area contributed by atoms with Gasteiger partial charge in [-0.2, -0.15) is 0 Å². The molecule has 4 saturated heterocycles. The van der Waals surface area contributed by atoms with Gasteiger partial charge in [0.1, 0.15) is 0 Å². The van der Waals surface area contributed by atoms with Crippen LogP contribution in [0.3, 0.4) is 0 Å². The van der Waals surface area contributed by atoms with Crippen LogP contribution < -0.4 is 0 Å². The van der Waals surface area contributed by atoms with E-state index < -0.39 is 17.7 Å². The Hall–Kier alpha value is -0.460. The summed E-state index contributed by atoms with van der Waals surface area (Å²) in [5.74, 6) is 0.818. The van der Waals surface area contributed by atoms with Gasteiger partial charge in [-0.05, 0) is 38.0 Å². The predicted molar refractivity (Wildman–Crippen MR) is 83.0 cm³/mol. The second-order valence-corrected chi connectivity index (χ2v) is 7.90. The molecular formula is C18H28O5. The normalized spacial score (nSPS) is 55.1. The molecular weight excluding hydrogens is 296 g/mol. The van der Waals surface area contributed by atoms with E-state index in [1.807, 2.05) is 6.92 Å². The second-order valence-electron chi connectivity index (χ2n) is 7.90. The minimum absolute atomic E-state index is 0.232. The highest BCUT2D eigenvalue weighted by atomic mass is 17.3. The summed E-state index contributed by atoms with van der Waals surface area (Å²) in [6, 6.07) is 0. The molecule has 1 spiro atoms. The van der Waals surface area contributed by atoms with Gasteiger partial charge in [0.05, 0.1) is 6.61 Å². The van der Waals surface area contributed by atoms with Gasteiger partial charge in [0, 0.05) is 18.3 Å². The van der Waals surface area contributed by atoms with Crippen LogP contribution in [0.15, 0.2) is 12.7 Å².